The Morgan fingerprint density at radius 1 is 1.12 bits per heavy atom. The summed E-state index contributed by atoms with van der Waals surface area (Å²) < 4.78 is 29.0. The molecule has 0 saturated carbocycles. The minimum Gasteiger partial charge on any atom is -0.478 e. The molecule has 3 rings (SSSR count). The van der Waals surface area contributed by atoms with Crippen LogP contribution < -0.4 is 21.1 Å². The molecule has 0 saturated heterocycles. The third kappa shape index (κ3) is 12.3. The number of benzene rings is 2. The van der Waals surface area contributed by atoms with Gasteiger partial charge in [0.25, 0.3) is 5.91 Å². The second-order valence-corrected chi connectivity index (χ2v) is 10.7. The minimum atomic E-state index is -0.952. The first-order valence-corrected chi connectivity index (χ1v) is 14.7. The highest BCUT2D eigenvalue weighted by Crippen LogP contribution is 2.28. The van der Waals surface area contributed by atoms with E-state index in [0.29, 0.717) is 62.3 Å². The number of nitrogens with one attached hydrogen (secondary N) is 3. The van der Waals surface area contributed by atoms with Crippen LogP contribution in [0.1, 0.15) is 10.4 Å². The summed E-state index contributed by atoms with van der Waals surface area (Å²) in [5.41, 5.74) is 6.03. The average molecular weight is 679 g/mol. The van der Waals surface area contributed by atoms with Crippen molar-refractivity contribution in [2.45, 2.75) is 4.90 Å². The van der Waals surface area contributed by atoms with E-state index in [-0.39, 0.29) is 11.3 Å². The number of halogens is 2. The predicted molar refractivity (Wildman–Crippen MR) is 167 cm³/mol. The third-order valence-electron chi connectivity index (χ3n) is 5.57. The van der Waals surface area contributed by atoms with Gasteiger partial charge < -0.3 is 35.8 Å². The van der Waals surface area contributed by atoms with Crippen molar-refractivity contribution in [3.63, 3.8) is 0 Å². The standard InChI is InChI=1S/C28H33BrFN7O5S/c1-37(12-3-6-24(38)39)13-15-42-17-16-41-14-11-33-43-20-9-7-19(8-10-20)34-28-32-18-21(29)27(36-28)35-23-5-2-4-22(30)25(23)26(31)40/h2-10,18,33H,11-17H2,1H3,(H2,31,40)(H,38,39)(H2,32,34,35,36)/b6-3+. The maximum absolute atomic E-state index is 14.1. The Labute approximate surface area is 261 Å². The van der Waals surface area contributed by atoms with Gasteiger partial charge in [-0.1, -0.05) is 12.1 Å². The average Bonchev–Trinajstić information content (AvgIpc) is 2.96. The van der Waals surface area contributed by atoms with Crippen LogP contribution in [0.5, 0.6) is 0 Å². The van der Waals surface area contributed by atoms with E-state index in [1.165, 1.54) is 30.3 Å². The van der Waals surface area contributed by atoms with E-state index in [2.05, 4.69) is 41.3 Å². The first-order chi connectivity index (χ1) is 20.7. The largest absolute Gasteiger partial charge is 0.478 e. The smallest absolute Gasteiger partial charge is 0.328 e. The first kappa shape index (κ1) is 33.9. The molecule has 15 heteroatoms. The number of aromatic nitrogens is 2. The number of hydrogen-bond donors (Lipinski definition) is 5. The number of likely N-dealkylation sites (N-methyl/N-ethyl adjacent to an activating group) is 1. The van der Waals surface area contributed by atoms with Gasteiger partial charge in [-0.3, -0.25) is 9.52 Å². The number of carbonyl (C=O) groups is 2. The van der Waals surface area contributed by atoms with Crippen molar-refractivity contribution >= 4 is 62.9 Å². The summed E-state index contributed by atoms with van der Waals surface area (Å²) in [5, 5.41) is 14.6. The molecule has 1 heterocycles. The SMILES string of the molecule is CN(C/C=C/C(=O)O)CCOCCOCCNSc1ccc(Nc2ncc(Br)c(Nc3cccc(F)c3C(N)=O)n2)cc1. The molecule has 0 unspecified atom stereocenters. The maximum Gasteiger partial charge on any atom is 0.328 e. The van der Waals surface area contributed by atoms with E-state index in [1.807, 2.05) is 36.2 Å². The number of nitrogens with zero attached hydrogens (tertiary/aromatic N) is 3. The molecular formula is C28H33BrFN7O5S. The number of anilines is 4. The van der Waals surface area contributed by atoms with E-state index in [9.17, 15) is 14.0 Å². The zero-order valence-electron chi connectivity index (χ0n) is 23.4. The van der Waals surface area contributed by atoms with Crippen LogP contribution >= 0.6 is 27.9 Å². The molecule has 0 aliphatic heterocycles. The van der Waals surface area contributed by atoms with Gasteiger partial charge in [-0.05, 0) is 71.3 Å². The van der Waals surface area contributed by atoms with Gasteiger partial charge in [0.15, 0.2) is 0 Å². The van der Waals surface area contributed by atoms with Crippen LogP contribution in [0, 0.1) is 5.82 Å². The Morgan fingerprint density at radius 2 is 1.86 bits per heavy atom. The molecule has 0 atom stereocenters. The Bertz CT molecular complexity index is 1380. The van der Waals surface area contributed by atoms with Crippen molar-refractivity contribution in [3.05, 3.63) is 76.7 Å². The highest BCUT2D eigenvalue weighted by molar-refractivity contribution is 9.10. The van der Waals surface area contributed by atoms with E-state index in [4.69, 9.17) is 20.3 Å². The molecule has 0 radical (unpaired) electrons. The van der Waals surface area contributed by atoms with Crippen LogP contribution in [0.15, 0.2) is 70.2 Å². The molecule has 43 heavy (non-hydrogen) atoms. The van der Waals surface area contributed by atoms with Gasteiger partial charge in [0.1, 0.15) is 11.6 Å². The number of carbonyl (C=O) groups excluding carboxylic acids is 1. The van der Waals surface area contributed by atoms with Gasteiger partial charge in [0.05, 0.1) is 42.2 Å². The fourth-order valence-corrected chi connectivity index (χ4v) is 4.39. The van der Waals surface area contributed by atoms with Gasteiger partial charge in [-0.25, -0.2) is 14.2 Å². The van der Waals surface area contributed by atoms with Crippen molar-refractivity contribution in [2.24, 2.45) is 5.73 Å². The van der Waals surface area contributed by atoms with Gasteiger partial charge >= 0.3 is 5.97 Å². The van der Waals surface area contributed by atoms with E-state index >= 15 is 0 Å². The lowest BCUT2D eigenvalue weighted by Crippen LogP contribution is -2.24. The van der Waals surface area contributed by atoms with Crippen molar-refractivity contribution in [2.75, 3.05) is 63.7 Å². The molecule has 2 aromatic carbocycles. The quantitative estimate of drug-likeness (QED) is 0.0700. The molecule has 0 fully saturated rings. The van der Waals surface area contributed by atoms with Gasteiger partial charge in [-0.15, -0.1) is 0 Å². The summed E-state index contributed by atoms with van der Waals surface area (Å²) in [7, 11) is 1.89. The molecular weight excluding hydrogens is 645 g/mol. The Balaban J connectivity index is 1.34. The molecule has 0 bridgehead atoms. The van der Waals surface area contributed by atoms with Crippen molar-refractivity contribution in [3.8, 4) is 0 Å². The highest BCUT2D eigenvalue weighted by Gasteiger charge is 2.16. The summed E-state index contributed by atoms with van der Waals surface area (Å²) in [6, 6.07) is 11.8. The highest BCUT2D eigenvalue weighted by atomic mass is 79.9. The van der Waals surface area contributed by atoms with Crippen LogP contribution in [0.3, 0.4) is 0 Å². The van der Waals surface area contributed by atoms with Crippen LogP contribution in [0.2, 0.25) is 0 Å². The molecule has 6 N–H and O–H groups in total. The van der Waals surface area contributed by atoms with Gasteiger partial charge in [0.2, 0.25) is 5.95 Å². The topological polar surface area (TPSA) is 164 Å². The Kier molecular flexibility index (Phi) is 14.3. The number of ether oxygens (including phenoxy) is 2. The molecule has 1 aromatic heterocycles. The molecule has 0 aliphatic carbocycles. The summed E-state index contributed by atoms with van der Waals surface area (Å²) in [6.07, 6.45) is 4.26. The lowest BCUT2D eigenvalue weighted by Gasteiger charge is -2.14. The zero-order valence-corrected chi connectivity index (χ0v) is 25.8. The molecule has 0 aliphatic rings. The van der Waals surface area contributed by atoms with E-state index in [0.717, 1.165) is 22.7 Å². The number of hydrogen-bond acceptors (Lipinski definition) is 11. The van der Waals surface area contributed by atoms with Crippen LogP contribution in [0.4, 0.5) is 27.5 Å². The number of nitrogens with two attached hydrogens (primary N) is 1. The predicted octanol–water partition coefficient (Wildman–Crippen LogP) is 4.17. The zero-order chi connectivity index (χ0) is 31.0. The van der Waals surface area contributed by atoms with Crippen LogP contribution in [0.25, 0.3) is 0 Å². The van der Waals surface area contributed by atoms with Crippen LogP contribution in [-0.4, -0.2) is 85.0 Å². The summed E-state index contributed by atoms with van der Waals surface area (Å²) in [4.78, 5) is 33.8. The molecule has 230 valence electrons. The lowest BCUT2D eigenvalue weighted by molar-refractivity contribution is -0.131. The number of rotatable bonds is 19. The van der Waals surface area contributed by atoms with Gasteiger partial charge in [-0.2, -0.15) is 4.98 Å². The monoisotopic (exact) mass is 677 g/mol. The van der Waals surface area contributed by atoms with Gasteiger partial charge in [0, 0.05) is 42.5 Å². The fraction of sp³-hybridized carbons (Fsp3) is 0.286. The number of aliphatic carboxylic acids is 1. The summed E-state index contributed by atoms with van der Waals surface area (Å²) >= 11 is 4.84. The minimum absolute atomic E-state index is 0.190. The molecule has 3 aromatic rings. The maximum atomic E-state index is 14.1. The van der Waals surface area contributed by atoms with Crippen molar-refractivity contribution in [1.82, 2.24) is 19.6 Å². The summed E-state index contributed by atoms with van der Waals surface area (Å²) in [5.74, 6) is -1.95. The van der Waals surface area contributed by atoms with Crippen LogP contribution in [-0.2, 0) is 14.3 Å². The summed E-state index contributed by atoms with van der Waals surface area (Å²) in [6.45, 7) is 3.93. The van der Waals surface area contributed by atoms with Crippen molar-refractivity contribution < 1.29 is 28.6 Å². The number of carboxylic acids is 1. The molecule has 0 spiro atoms. The normalized spacial score (nSPS) is 11.3. The lowest BCUT2D eigenvalue weighted by atomic mass is 10.1. The number of primary amides is 1. The van der Waals surface area contributed by atoms with E-state index in [1.54, 1.807) is 6.08 Å². The Morgan fingerprint density at radius 3 is 2.58 bits per heavy atom. The van der Waals surface area contributed by atoms with E-state index < -0.39 is 17.7 Å². The fourth-order valence-electron chi connectivity index (χ4n) is 3.47. The second kappa shape index (κ2) is 18.1. The Hall–Kier alpha value is -3.60. The molecule has 12 nitrogen and oxygen atoms in total. The second-order valence-electron chi connectivity index (χ2n) is 8.92. The molecule has 1 amide bonds. The first-order valence-electron chi connectivity index (χ1n) is 13.1. The van der Waals surface area contributed by atoms with Crippen molar-refractivity contribution in [1.29, 1.82) is 0 Å². The third-order valence-corrected chi connectivity index (χ3v) is 7.01. The number of amides is 1. The number of carboxylic acid groups (broad SMARTS) is 1.